The molecule has 1 N–H and O–H groups in total. The Morgan fingerprint density at radius 2 is 1.92 bits per heavy atom. The Kier molecular flexibility index (Phi) is 2.13. The second-order valence-electron chi connectivity index (χ2n) is 3.22. The number of nitrogens with one attached hydrogen (secondary N) is 1. The first-order chi connectivity index (χ1) is 6.34. The van der Waals surface area contributed by atoms with Crippen molar-refractivity contribution in [2.75, 3.05) is 0 Å². The number of aromatic nitrogens is 2. The summed E-state index contributed by atoms with van der Waals surface area (Å²) in [5, 5.41) is 3.24. The van der Waals surface area contributed by atoms with Crippen LogP contribution in [0.1, 0.15) is 11.3 Å². The van der Waals surface area contributed by atoms with Crippen molar-refractivity contribution < 1.29 is 4.68 Å². The third kappa shape index (κ3) is 1.96. The van der Waals surface area contributed by atoms with Crippen LogP contribution in [0.3, 0.4) is 0 Å². The molecule has 0 spiro atoms. The predicted molar refractivity (Wildman–Crippen MR) is 51.3 cm³/mol. The molecule has 66 valence electrons. The summed E-state index contributed by atoms with van der Waals surface area (Å²) in [5.74, 6) is 0. The summed E-state index contributed by atoms with van der Waals surface area (Å²) in [4.78, 5) is 0. The summed E-state index contributed by atoms with van der Waals surface area (Å²) in [6.07, 6.45) is 2.06. The third-order valence-electron chi connectivity index (χ3n) is 2.02. The van der Waals surface area contributed by atoms with Crippen LogP contribution in [0, 0.1) is 6.92 Å². The quantitative estimate of drug-likeness (QED) is 0.666. The fourth-order valence-corrected chi connectivity index (χ4v) is 1.38. The Balaban J connectivity index is 2.15. The van der Waals surface area contributed by atoms with E-state index < -0.39 is 0 Å². The van der Waals surface area contributed by atoms with Crippen molar-refractivity contribution in [2.45, 2.75) is 13.5 Å². The smallest absolute Gasteiger partial charge is 0.170 e. The fourth-order valence-electron chi connectivity index (χ4n) is 1.38. The average molecular weight is 173 g/mol. The molecule has 2 heteroatoms. The molecule has 2 rings (SSSR count). The van der Waals surface area contributed by atoms with Crippen LogP contribution in [-0.2, 0) is 6.54 Å². The summed E-state index contributed by atoms with van der Waals surface area (Å²) >= 11 is 0. The fraction of sp³-hybridized carbons (Fsp3) is 0.182. The molecule has 0 amide bonds. The summed E-state index contributed by atoms with van der Waals surface area (Å²) < 4.78 is 2.07. The molecular weight excluding hydrogens is 160 g/mol. The molecule has 0 aliphatic carbocycles. The van der Waals surface area contributed by atoms with Crippen LogP contribution in [0.25, 0.3) is 0 Å². The lowest BCUT2D eigenvalue weighted by atomic mass is 10.2. The number of rotatable bonds is 2. The lowest BCUT2D eigenvalue weighted by molar-refractivity contribution is -0.742. The Hall–Kier alpha value is -1.57. The average Bonchev–Trinajstić information content (AvgIpc) is 2.53. The standard InChI is InChI=1S/C11H12N2/c1-10-7-8-13(12-10)9-11-5-3-2-4-6-11/h2-8H,9H2,1H3/p+1. The van der Waals surface area contributed by atoms with Gasteiger partial charge in [0, 0.05) is 11.6 Å². The first-order valence-electron chi connectivity index (χ1n) is 4.43. The van der Waals surface area contributed by atoms with Gasteiger partial charge in [-0.2, -0.15) is 5.10 Å². The molecule has 0 saturated carbocycles. The van der Waals surface area contributed by atoms with Crippen molar-refractivity contribution in [3.8, 4) is 0 Å². The number of hydrogen-bond acceptors (Lipinski definition) is 0. The predicted octanol–water partition coefficient (Wildman–Crippen LogP) is 1.66. The van der Waals surface area contributed by atoms with Gasteiger partial charge >= 0.3 is 0 Å². The maximum atomic E-state index is 3.24. The first kappa shape index (κ1) is 8.05. The number of hydrogen-bond donors (Lipinski definition) is 1. The number of benzene rings is 1. The van der Waals surface area contributed by atoms with Crippen molar-refractivity contribution >= 4 is 0 Å². The van der Waals surface area contributed by atoms with E-state index in [2.05, 4.69) is 53.2 Å². The molecule has 0 unspecified atom stereocenters. The molecule has 0 aliphatic heterocycles. The topological polar surface area (TPSA) is 19.7 Å². The van der Waals surface area contributed by atoms with Crippen LogP contribution in [0.15, 0.2) is 42.6 Å². The van der Waals surface area contributed by atoms with E-state index in [0.29, 0.717) is 0 Å². The summed E-state index contributed by atoms with van der Waals surface area (Å²) in [6.45, 7) is 2.97. The van der Waals surface area contributed by atoms with E-state index in [4.69, 9.17) is 0 Å². The zero-order valence-electron chi connectivity index (χ0n) is 7.70. The van der Waals surface area contributed by atoms with Crippen molar-refractivity contribution in [2.24, 2.45) is 0 Å². The summed E-state index contributed by atoms with van der Waals surface area (Å²) in [7, 11) is 0. The summed E-state index contributed by atoms with van der Waals surface area (Å²) in [5.41, 5.74) is 2.50. The van der Waals surface area contributed by atoms with E-state index in [-0.39, 0.29) is 0 Å². The number of H-pyrrole nitrogens is 1. The van der Waals surface area contributed by atoms with Crippen LogP contribution in [0.4, 0.5) is 0 Å². The highest BCUT2D eigenvalue weighted by atomic mass is 15.3. The van der Waals surface area contributed by atoms with E-state index in [1.807, 2.05) is 6.07 Å². The number of aryl methyl sites for hydroxylation is 1. The van der Waals surface area contributed by atoms with Gasteiger partial charge in [-0.3, -0.25) is 0 Å². The maximum Gasteiger partial charge on any atom is 0.197 e. The van der Waals surface area contributed by atoms with E-state index in [1.165, 1.54) is 11.3 Å². The Morgan fingerprint density at radius 3 is 2.54 bits per heavy atom. The molecule has 13 heavy (non-hydrogen) atoms. The molecule has 0 aliphatic rings. The van der Waals surface area contributed by atoms with Gasteiger partial charge in [0.2, 0.25) is 0 Å². The first-order valence-corrected chi connectivity index (χ1v) is 4.43. The van der Waals surface area contributed by atoms with E-state index in [1.54, 1.807) is 0 Å². The molecule has 0 atom stereocenters. The van der Waals surface area contributed by atoms with Gasteiger partial charge in [-0.25, -0.2) is 0 Å². The van der Waals surface area contributed by atoms with Crippen molar-refractivity contribution in [1.29, 1.82) is 0 Å². The van der Waals surface area contributed by atoms with Crippen LogP contribution in [0.2, 0.25) is 0 Å². The van der Waals surface area contributed by atoms with Gasteiger partial charge < -0.3 is 0 Å². The highest BCUT2D eigenvalue weighted by molar-refractivity contribution is 5.13. The molecular formula is C11H13N2+. The van der Waals surface area contributed by atoms with Gasteiger partial charge in [-0.05, 0) is 6.92 Å². The minimum Gasteiger partial charge on any atom is -0.170 e. The molecule has 1 aromatic heterocycles. The van der Waals surface area contributed by atoms with Crippen LogP contribution in [-0.4, -0.2) is 5.10 Å². The highest BCUT2D eigenvalue weighted by Crippen LogP contribution is 1.97. The zero-order valence-corrected chi connectivity index (χ0v) is 7.70. The normalized spacial score (nSPS) is 10.2. The van der Waals surface area contributed by atoms with Crippen molar-refractivity contribution in [1.82, 2.24) is 5.10 Å². The maximum absolute atomic E-state index is 3.24. The molecule has 0 bridgehead atoms. The van der Waals surface area contributed by atoms with Gasteiger partial charge in [0.1, 0.15) is 0 Å². The minimum atomic E-state index is 0.911. The molecule has 0 fully saturated rings. The number of aromatic amines is 1. The summed E-state index contributed by atoms with van der Waals surface area (Å²) in [6, 6.07) is 12.5. The second kappa shape index (κ2) is 3.44. The van der Waals surface area contributed by atoms with Gasteiger partial charge in [0.15, 0.2) is 12.7 Å². The van der Waals surface area contributed by atoms with E-state index >= 15 is 0 Å². The van der Waals surface area contributed by atoms with Crippen LogP contribution in [0.5, 0.6) is 0 Å². The second-order valence-corrected chi connectivity index (χ2v) is 3.22. The van der Waals surface area contributed by atoms with Gasteiger partial charge in [0.25, 0.3) is 0 Å². The Morgan fingerprint density at radius 1 is 1.15 bits per heavy atom. The molecule has 1 aromatic carbocycles. The minimum absolute atomic E-state index is 0.911. The van der Waals surface area contributed by atoms with Gasteiger partial charge in [-0.15, -0.1) is 4.68 Å². The van der Waals surface area contributed by atoms with Crippen LogP contribution < -0.4 is 4.68 Å². The van der Waals surface area contributed by atoms with Gasteiger partial charge in [0.05, 0.1) is 5.69 Å². The monoisotopic (exact) mass is 173 g/mol. The third-order valence-corrected chi connectivity index (χ3v) is 2.02. The molecule has 0 radical (unpaired) electrons. The lowest BCUT2D eigenvalue weighted by Gasteiger charge is -1.92. The van der Waals surface area contributed by atoms with Crippen LogP contribution >= 0.6 is 0 Å². The molecule has 2 aromatic rings. The highest BCUT2D eigenvalue weighted by Gasteiger charge is 2.02. The van der Waals surface area contributed by atoms with Crippen molar-refractivity contribution in [3.05, 3.63) is 53.9 Å². The van der Waals surface area contributed by atoms with Crippen molar-refractivity contribution in [3.63, 3.8) is 0 Å². The Bertz CT molecular complexity index is 376. The molecule has 2 nitrogen and oxygen atoms in total. The molecule has 1 heterocycles. The van der Waals surface area contributed by atoms with E-state index in [0.717, 1.165) is 6.54 Å². The lowest BCUT2D eigenvalue weighted by Crippen LogP contribution is -2.35. The van der Waals surface area contributed by atoms with E-state index in [9.17, 15) is 0 Å². The largest absolute Gasteiger partial charge is 0.197 e. The SMILES string of the molecule is Cc1cc[n+](Cc2ccccc2)[nH]1. The molecule has 0 saturated heterocycles. The zero-order chi connectivity index (χ0) is 9.10. The van der Waals surface area contributed by atoms with Gasteiger partial charge in [-0.1, -0.05) is 30.3 Å². The number of nitrogens with zero attached hydrogens (tertiary/aromatic N) is 1. The Labute approximate surface area is 77.8 Å².